The van der Waals surface area contributed by atoms with Crippen molar-refractivity contribution >= 4 is 21.5 Å². The van der Waals surface area contributed by atoms with Gasteiger partial charge in [-0.15, -0.1) is 0 Å². The maximum atomic E-state index is 12.3. The first-order valence-corrected chi connectivity index (χ1v) is 7.57. The maximum Gasteiger partial charge on any atom is 0.262 e. The Kier molecular flexibility index (Phi) is 4.73. The number of rotatable bonds is 6. The van der Waals surface area contributed by atoms with Crippen LogP contribution in [0.4, 0.5) is 11.5 Å². The molecule has 0 atom stereocenters. The Morgan fingerprint density at radius 1 is 1.29 bits per heavy atom. The molecule has 4 N–H and O–H groups in total. The third-order valence-corrected chi connectivity index (χ3v) is 4.06. The SMILES string of the molecule is COCc1cccc(NS(=O)(=O)c2ccnc(NN)c2)c1. The number of nitrogens with two attached hydrogens (primary N) is 1. The number of benzene rings is 1. The van der Waals surface area contributed by atoms with Crippen molar-refractivity contribution in [2.45, 2.75) is 11.5 Å². The largest absolute Gasteiger partial charge is 0.380 e. The highest BCUT2D eigenvalue weighted by molar-refractivity contribution is 7.92. The van der Waals surface area contributed by atoms with Gasteiger partial charge in [-0.05, 0) is 23.8 Å². The highest BCUT2D eigenvalue weighted by Gasteiger charge is 2.15. The number of nitrogen functional groups attached to an aromatic ring is 1. The van der Waals surface area contributed by atoms with Crippen LogP contribution in [0.5, 0.6) is 0 Å². The van der Waals surface area contributed by atoms with Gasteiger partial charge >= 0.3 is 0 Å². The molecule has 0 radical (unpaired) electrons. The molecule has 1 aromatic heterocycles. The second-order valence-electron chi connectivity index (χ2n) is 4.26. The minimum Gasteiger partial charge on any atom is -0.380 e. The number of aromatic nitrogens is 1. The number of pyridine rings is 1. The van der Waals surface area contributed by atoms with E-state index in [1.54, 1.807) is 25.3 Å². The lowest BCUT2D eigenvalue weighted by Gasteiger charge is -2.10. The fourth-order valence-corrected chi connectivity index (χ4v) is 2.82. The molecule has 2 aromatic rings. The van der Waals surface area contributed by atoms with Gasteiger partial charge in [0, 0.05) is 25.1 Å². The molecule has 0 aliphatic heterocycles. The molecule has 0 bridgehead atoms. The van der Waals surface area contributed by atoms with E-state index < -0.39 is 10.0 Å². The van der Waals surface area contributed by atoms with Gasteiger partial charge < -0.3 is 10.2 Å². The Hall–Kier alpha value is -2.16. The molecule has 0 saturated heterocycles. The van der Waals surface area contributed by atoms with E-state index in [0.29, 0.717) is 12.3 Å². The molecule has 8 heteroatoms. The highest BCUT2D eigenvalue weighted by Crippen LogP contribution is 2.18. The summed E-state index contributed by atoms with van der Waals surface area (Å²) >= 11 is 0. The summed E-state index contributed by atoms with van der Waals surface area (Å²) in [5.41, 5.74) is 3.64. The van der Waals surface area contributed by atoms with E-state index in [1.165, 1.54) is 18.3 Å². The summed E-state index contributed by atoms with van der Waals surface area (Å²) < 4.78 is 32.1. The number of hydrazine groups is 1. The molecular formula is C13H16N4O3S. The van der Waals surface area contributed by atoms with Crippen LogP contribution in [-0.2, 0) is 21.4 Å². The zero-order chi connectivity index (χ0) is 15.3. The molecule has 0 unspecified atom stereocenters. The van der Waals surface area contributed by atoms with E-state index >= 15 is 0 Å². The van der Waals surface area contributed by atoms with Crippen molar-refractivity contribution in [3.05, 3.63) is 48.2 Å². The number of sulfonamides is 1. The third-order valence-electron chi connectivity index (χ3n) is 2.68. The summed E-state index contributed by atoms with van der Waals surface area (Å²) in [4.78, 5) is 3.94. The number of nitrogens with zero attached hydrogens (tertiary/aromatic N) is 1. The number of methoxy groups -OCH3 is 1. The first-order valence-electron chi connectivity index (χ1n) is 6.08. The first-order chi connectivity index (χ1) is 10.0. The number of anilines is 2. The zero-order valence-corrected chi connectivity index (χ0v) is 12.2. The Bertz CT molecular complexity index is 719. The molecular weight excluding hydrogens is 292 g/mol. The second kappa shape index (κ2) is 6.53. The van der Waals surface area contributed by atoms with Gasteiger partial charge in [0.15, 0.2) is 0 Å². The quantitative estimate of drug-likeness (QED) is 0.549. The Labute approximate surface area is 123 Å². The molecule has 0 aliphatic rings. The minimum absolute atomic E-state index is 0.0718. The van der Waals surface area contributed by atoms with Crippen molar-refractivity contribution < 1.29 is 13.2 Å². The predicted octanol–water partition coefficient (Wildman–Crippen LogP) is 1.31. The third kappa shape index (κ3) is 3.91. The predicted molar refractivity (Wildman–Crippen MR) is 80.0 cm³/mol. The van der Waals surface area contributed by atoms with E-state index in [-0.39, 0.29) is 10.7 Å². The van der Waals surface area contributed by atoms with Crippen molar-refractivity contribution in [1.29, 1.82) is 0 Å². The van der Waals surface area contributed by atoms with Crippen LogP contribution in [0.1, 0.15) is 5.56 Å². The van der Waals surface area contributed by atoms with E-state index in [9.17, 15) is 8.42 Å². The van der Waals surface area contributed by atoms with Crippen LogP contribution in [0.25, 0.3) is 0 Å². The van der Waals surface area contributed by atoms with Gasteiger partial charge in [-0.3, -0.25) is 4.72 Å². The van der Waals surface area contributed by atoms with Crippen molar-refractivity contribution in [2.24, 2.45) is 5.84 Å². The fourth-order valence-electron chi connectivity index (χ4n) is 1.76. The van der Waals surface area contributed by atoms with E-state index in [0.717, 1.165) is 5.56 Å². The number of hydrogen-bond donors (Lipinski definition) is 3. The molecule has 0 fully saturated rings. The molecule has 1 heterocycles. The smallest absolute Gasteiger partial charge is 0.262 e. The van der Waals surface area contributed by atoms with Crippen LogP contribution >= 0.6 is 0 Å². The summed E-state index contributed by atoms with van der Waals surface area (Å²) in [7, 11) is -2.13. The van der Waals surface area contributed by atoms with Crippen molar-refractivity contribution in [1.82, 2.24) is 4.98 Å². The van der Waals surface area contributed by atoms with E-state index in [4.69, 9.17) is 10.6 Å². The molecule has 7 nitrogen and oxygen atoms in total. The summed E-state index contributed by atoms with van der Waals surface area (Å²) in [5, 5.41) is 0. The van der Waals surface area contributed by atoms with Crippen molar-refractivity contribution in [3.63, 3.8) is 0 Å². The Balaban J connectivity index is 2.26. The second-order valence-corrected chi connectivity index (χ2v) is 5.94. The van der Waals surface area contributed by atoms with Crippen LogP contribution in [0.15, 0.2) is 47.5 Å². The molecule has 0 spiro atoms. The Morgan fingerprint density at radius 3 is 2.81 bits per heavy atom. The topological polar surface area (TPSA) is 106 Å². The average Bonchev–Trinajstić information content (AvgIpc) is 2.47. The number of ether oxygens (including phenoxy) is 1. The van der Waals surface area contributed by atoms with E-state index in [2.05, 4.69) is 15.1 Å². The van der Waals surface area contributed by atoms with Crippen LogP contribution in [-0.4, -0.2) is 20.5 Å². The van der Waals surface area contributed by atoms with Crippen LogP contribution in [0, 0.1) is 0 Å². The van der Waals surface area contributed by atoms with Gasteiger partial charge in [0.05, 0.1) is 11.5 Å². The Morgan fingerprint density at radius 2 is 2.10 bits per heavy atom. The monoisotopic (exact) mass is 308 g/mol. The maximum absolute atomic E-state index is 12.3. The summed E-state index contributed by atoms with van der Waals surface area (Å²) in [6.45, 7) is 0.409. The molecule has 0 saturated carbocycles. The number of nitrogens with one attached hydrogen (secondary N) is 2. The summed E-state index contributed by atoms with van der Waals surface area (Å²) in [5.74, 6) is 5.50. The average molecular weight is 308 g/mol. The van der Waals surface area contributed by atoms with Crippen LogP contribution < -0.4 is 16.0 Å². The lowest BCUT2D eigenvalue weighted by atomic mass is 10.2. The first kappa shape index (κ1) is 15.2. The van der Waals surface area contributed by atoms with Gasteiger partial charge in [-0.1, -0.05) is 12.1 Å². The number of hydrogen-bond acceptors (Lipinski definition) is 6. The summed E-state index contributed by atoms with van der Waals surface area (Å²) in [6.07, 6.45) is 1.37. The van der Waals surface area contributed by atoms with Gasteiger partial charge in [-0.25, -0.2) is 19.2 Å². The van der Waals surface area contributed by atoms with Gasteiger partial charge in [0.25, 0.3) is 10.0 Å². The van der Waals surface area contributed by atoms with Crippen molar-refractivity contribution in [2.75, 3.05) is 17.3 Å². The normalized spacial score (nSPS) is 11.1. The molecule has 21 heavy (non-hydrogen) atoms. The highest BCUT2D eigenvalue weighted by atomic mass is 32.2. The molecule has 0 amide bonds. The molecule has 2 rings (SSSR count). The van der Waals surface area contributed by atoms with Gasteiger partial charge in [-0.2, -0.15) is 0 Å². The standard InChI is InChI=1S/C13H16N4O3S/c1-20-9-10-3-2-4-11(7-10)17-21(18,19)12-5-6-15-13(8-12)16-14/h2-8,17H,9,14H2,1H3,(H,15,16). The van der Waals surface area contributed by atoms with Gasteiger partial charge in [0.1, 0.15) is 5.82 Å². The minimum atomic E-state index is -3.70. The molecule has 112 valence electrons. The molecule has 0 aliphatic carbocycles. The van der Waals surface area contributed by atoms with Crippen LogP contribution in [0.3, 0.4) is 0 Å². The lowest BCUT2D eigenvalue weighted by Crippen LogP contribution is -2.15. The summed E-state index contributed by atoms with van der Waals surface area (Å²) in [6, 6.07) is 9.73. The van der Waals surface area contributed by atoms with E-state index in [1.807, 2.05) is 6.07 Å². The van der Waals surface area contributed by atoms with Gasteiger partial charge in [0.2, 0.25) is 0 Å². The fraction of sp³-hybridized carbons (Fsp3) is 0.154. The molecule has 1 aromatic carbocycles. The van der Waals surface area contributed by atoms with Crippen molar-refractivity contribution in [3.8, 4) is 0 Å². The zero-order valence-electron chi connectivity index (χ0n) is 11.4. The lowest BCUT2D eigenvalue weighted by molar-refractivity contribution is 0.185. The van der Waals surface area contributed by atoms with Crippen LogP contribution in [0.2, 0.25) is 0 Å².